The molecule has 6 nitrogen and oxygen atoms in total. The molecule has 2 aliphatic heterocycles. The van der Waals surface area contributed by atoms with Crippen LogP contribution >= 0.6 is 0 Å². The van der Waals surface area contributed by atoms with Gasteiger partial charge in [-0.05, 0) is 19.8 Å². The van der Waals surface area contributed by atoms with Crippen LogP contribution in [0.2, 0.25) is 0 Å². The standard InChI is InChI=1S/C23H28O6/c1-15-10-11-21(2)16(12-15)28-18-13-17(22(21,3)23(18)14-27-23)29-20(26)9-7-5-4-6-8-19(24)25/h4-9,12,16-18H,10-11,13-14H2,1-3H3,(H,24,25)/b5-4+,8-6+,9-7+/t16-,17-,18-,21+,22?,23?/m1/s1. The molecule has 2 bridgehead atoms. The van der Waals surface area contributed by atoms with E-state index >= 15 is 0 Å². The SMILES string of the molecule is CC1=C[C@H]2O[C@@H]3C[C@@H](OC(=O)/C=C/C=C/C=C/C(=O)O)C(C)(C34CO4)[C@@]2(C)CC1. The number of esters is 1. The van der Waals surface area contributed by atoms with E-state index in [0.29, 0.717) is 13.0 Å². The first-order valence-corrected chi connectivity index (χ1v) is 10.1. The average molecular weight is 400 g/mol. The molecule has 0 radical (unpaired) electrons. The van der Waals surface area contributed by atoms with E-state index in [1.54, 1.807) is 18.2 Å². The number of fused-ring (bicyclic) bond motifs is 2. The summed E-state index contributed by atoms with van der Waals surface area (Å²) in [4.78, 5) is 22.9. The second-order valence-corrected chi connectivity index (χ2v) is 8.96. The maximum absolute atomic E-state index is 12.5. The Bertz CT molecular complexity index is 832. The van der Waals surface area contributed by atoms with Crippen LogP contribution in [0.25, 0.3) is 0 Å². The van der Waals surface area contributed by atoms with Gasteiger partial charge in [-0.1, -0.05) is 49.8 Å². The molecular weight excluding hydrogens is 372 g/mol. The first-order chi connectivity index (χ1) is 13.7. The number of rotatable bonds is 5. The van der Waals surface area contributed by atoms with Crippen LogP contribution < -0.4 is 0 Å². The third-order valence-corrected chi connectivity index (χ3v) is 7.59. The van der Waals surface area contributed by atoms with Crippen molar-refractivity contribution in [1.82, 2.24) is 0 Å². The molecule has 29 heavy (non-hydrogen) atoms. The molecule has 156 valence electrons. The molecule has 6 heteroatoms. The van der Waals surface area contributed by atoms with Crippen molar-refractivity contribution >= 4 is 11.9 Å². The van der Waals surface area contributed by atoms with E-state index in [9.17, 15) is 9.59 Å². The van der Waals surface area contributed by atoms with Gasteiger partial charge >= 0.3 is 11.9 Å². The van der Waals surface area contributed by atoms with E-state index in [-0.39, 0.29) is 34.7 Å². The summed E-state index contributed by atoms with van der Waals surface area (Å²) in [5.74, 6) is -1.43. The molecular formula is C23H28O6. The fourth-order valence-corrected chi connectivity index (χ4v) is 5.60. The zero-order chi connectivity index (χ0) is 20.9. The number of ether oxygens (including phenoxy) is 3. The van der Waals surface area contributed by atoms with Gasteiger partial charge in [0.25, 0.3) is 0 Å². The van der Waals surface area contributed by atoms with Gasteiger partial charge in [0, 0.05) is 29.4 Å². The molecule has 2 heterocycles. The smallest absolute Gasteiger partial charge is 0.331 e. The third-order valence-electron chi connectivity index (χ3n) is 7.59. The lowest BCUT2D eigenvalue weighted by atomic mass is 9.52. The van der Waals surface area contributed by atoms with E-state index in [1.807, 2.05) is 0 Å². The average Bonchev–Trinajstić information content (AvgIpc) is 3.43. The van der Waals surface area contributed by atoms with Gasteiger partial charge < -0.3 is 19.3 Å². The summed E-state index contributed by atoms with van der Waals surface area (Å²) < 4.78 is 18.4. The third kappa shape index (κ3) is 3.01. The summed E-state index contributed by atoms with van der Waals surface area (Å²) in [6, 6.07) is 0. The summed E-state index contributed by atoms with van der Waals surface area (Å²) in [5.41, 5.74) is 0.525. The summed E-state index contributed by atoms with van der Waals surface area (Å²) in [7, 11) is 0. The highest BCUT2D eigenvalue weighted by Crippen LogP contribution is 2.71. The van der Waals surface area contributed by atoms with Gasteiger partial charge in [0.15, 0.2) is 0 Å². The van der Waals surface area contributed by atoms with Gasteiger partial charge in [-0.15, -0.1) is 0 Å². The molecule has 4 rings (SSSR count). The van der Waals surface area contributed by atoms with Crippen molar-refractivity contribution in [3.05, 3.63) is 48.1 Å². The molecule has 1 N–H and O–H groups in total. The normalized spacial score (nSPS) is 43.1. The molecule has 3 fully saturated rings. The number of hydrogen-bond donors (Lipinski definition) is 1. The fourth-order valence-electron chi connectivity index (χ4n) is 5.60. The summed E-state index contributed by atoms with van der Waals surface area (Å²) in [5, 5.41) is 8.54. The molecule has 0 aromatic carbocycles. The number of allylic oxidation sites excluding steroid dienone is 5. The van der Waals surface area contributed by atoms with Crippen LogP contribution in [0.1, 0.15) is 40.0 Å². The predicted octanol–water partition coefficient (Wildman–Crippen LogP) is 3.34. The zero-order valence-electron chi connectivity index (χ0n) is 17.1. The van der Waals surface area contributed by atoms with Crippen molar-refractivity contribution in [1.29, 1.82) is 0 Å². The Kier molecular flexibility index (Phi) is 4.82. The molecule has 2 unspecified atom stereocenters. The van der Waals surface area contributed by atoms with Crippen molar-refractivity contribution in [2.24, 2.45) is 10.8 Å². The van der Waals surface area contributed by atoms with Crippen molar-refractivity contribution in [3.8, 4) is 0 Å². The second-order valence-electron chi connectivity index (χ2n) is 8.96. The van der Waals surface area contributed by atoms with Crippen molar-refractivity contribution < 1.29 is 28.9 Å². The molecule has 2 saturated heterocycles. The zero-order valence-corrected chi connectivity index (χ0v) is 17.1. The number of aliphatic carboxylic acids is 1. The minimum absolute atomic E-state index is 0.0178. The number of epoxide rings is 1. The van der Waals surface area contributed by atoms with Crippen LogP contribution in [0.3, 0.4) is 0 Å². The van der Waals surface area contributed by atoms with Crippen molar-refractivity contribution in [3.63, 3.8) is 0 Å². The Morgan fingerprint density at radius 1 is 1.21 bits per heavy atom. The van der Waals surface area contributed by atoms with E-state index in [2.05, 4.69) is 26.8 Å². The Balaban J connectivity index is 1.51. The van der Waals surface area contributed by atoms with Gasteiger partial charge in [-0.2, -0.15) is 0 Å². The molecule has 6 atom stereocenters. The van der Waals surface area contributed by atoms with Crippen LogP contribution in [0.4, 0.5) is 0 Å². The van der Waals surface area contributed by atoms with E-state index in [1.165, 1.54) is 17.7 Å². The van der Waals surface area contributed by atoms with Crippen LogP contribution in [0, 0.1) is 10.8 Å². The summed E-state index contributed by atoms with van der Waals surface area (Å²) in [6.07, 6.45) is 13.0. The van der Waals surface area contributed by atoms with E-state index < -0.39 is 11.9 Å². The van der Waals surface area contributed by atoms with Crippen LogP contribution in [-0.2, 0) is 23.8 Å². The van der Waals surface area contributed by atoms with E-state index in [4.69, 9.17) is 19.3 Å². The van der Waals surface area contributed by atoms with Gasteiger partial charge in [0.05, 0.1) is 18.8 Å². The molecule has 0 amide bonds. The van der Waals surface area contributed by atoms with Crippen LogP contribution in [0.15, 0.2) is 48.1 Å². The summed E-state index contributed by atoms with van der Waals surface area (Å²) in [6.45, 7) is 7.26. The number of carboxylic acid groups (broad SMARTS) is 1. The maximum Gasteiger partial charge on any atom is 0.331 e. The fraction of sp³-hybridized carbons (Fsp3) is 0.565. The lowest BCUT2D eigenvalue weighted by molar-refractivity contribution is -0.209. The Hall–Kier alpha value is -2.18. The molecule has 4 aliphatic rings. The van der Waals surface area contributed by atoms with E-state index in [0.717, 1.165) is 18.9 Å². The molecule has 0 aromatic heterocycles. The highest BCUT2D eigenvalue weighted by molar-refractivity contribution is 5.82. The Morgan fingerprint density at radius 3 is 2.55 bits per heavy atom. The Morgan fingerprint density at radius 2 is 1.90 bits per heavy atom. The lowest BCUT2D eigenvalue weighted by Crippen LogP contribution is -2.63. The van der Waals surface area contributed by atoms with Crippen LogP contribution in [-0.4, -0.2) is 47.6 Å². The maximum atomic E-state index is 12.5. The lowest BCUT2D eigenvalue weighted by Gasteiger charge is -2.57. The molecule has 2 aliphatic carbocycles. The van der Waals surface area contributed by atoms with Crippen molar-refractivity contribution in [2.75, 3.05) is 6.61 Å². The highest BCUT2D eigenvalue weighted by Gasteiger charge is 2.81. The van der Waals surface area contributed by atoms with Gasteiger partial charge in [0.1, 0.15) is 11.7 Å². The highest BCUT2D eigenvalue weighted by atomic mass is 16.6. The van der Waals surface area contributed by atoms with Gasteiger partial charge in [-0.3, -0.25) is 0 Å². The Labute approximate surface area is 170 Å². The largest absolute Gasteiger partial charge is 0.478 e. The monoisotopic (exact) mass is 400 g/mol. The second kappa shape index (κ2) is 6.96. The quantitative estimate of drug-likeness (QED) is 0.250. The first-order valence-electron chi connectivity index (χ1n) is 10.1. The predicted molar refractivity (Wildman–Crippen MR) is 106 cm³/mol. The minimum Gasteiger partial charge on any atom is -0.478 e. The number of carboxylic acids is 1. The first kappa shape index (κ1) is 20.1. The summed E-state index contributed by atoms with van der Waals surface area (Å²) >= 11 is 0. The molecule has 1 spiro atoms. The molecule has 0 aromatic rings. The topological polar surface area (TPSA) is 85.4 Å². The number of hydrogen-bond acceptors (Lipinski definition) is 5. The van der Waals surface area contributed by atoms with Gasteiger partial charge in [0.2, 0.25) is 0 Å². The number of carbonyl (C=O) groups excluding carboxylic acids is 1. The van der Waals surface area contributed by atoms with Crippen LogP contribution in [0.5, 0.6) is 0 Å². The molecule has 1 saturated carbocycles. The number of carbonyl (C=O) groups is 2. The van der Waals surface area contributed by atoms with Crippen molar-refractivity contribution in [2.45, 2.75) is 63.9 Å². The van der Waals surface area contributed by atoms with Gasteiger partial charge in [-0.25, -0.2) is 9.59 Å². The minimum atomic E-state index is -1.02.